The van der Waals surface area contributed by atoms with Gasteiger partial charge in [-0.25, -0.2) is 8.42 Å². The molecule has 1 aliphatic rings. The number of aliphatic hydroxyl groups excluding tert-OH is 1. The lowest BCUT2D eigenvalue weighted by Crippen LogP contribution is -2.51. The molecule has 0 aliphatic carbocycles. The molecule has 0 amide bonds. The van der Waals surface area contributed by atoms with Crippen LogP contribution in [0, 0.1) is 0 Å². The fourth-order valence-corrected chi connectivity index (χ4v) is 4.17. The fourth-order valence-electron chi connectivity index (χ4n) is 2.22. The number of halogens is 1. The van der Waals surface area contributed by atoms with Crippen molar-refractivity contribution < 1.29 is 23.0 Å². The molecule has 6 nitrogen and oxygen atoms in total. The molecule has 1 saturated heterocycles. The third kappa shape index (κ3) is 3.32. The molecule has 2 rings (SSSR count). The number of hydrogen-bond acceptors (Lipinski definition) is 5. The predicted molar refractivity (Wildman–Crippen MR) is 78.2 cm³/mol. The highest BCUT2D eigenvalue weighted by Crippen LogP contribution is 2.31. The van der Waals surface area contributed by atoms with Gasteiger partial charge < -0.3 is 14.6 Å². The maximum Gasteiger partial charge on any atom is 0.247 e. The van der Waals surface area contributed by atoms with Crippen LogP contribution in [0.4, 0.5) is 0 Å². The number of ether oxygens (including phenoxy) is 2. The second-order valence-electron chi connectivity index (χ2n) is 4.86. The summed E-state index contributed by atoms with van der Waals surface area (Å²) in [6, 6.07) is 4.07. The Labute approximate surface area is 129 Å². The van der Waals surface area contributed by atoms with E-state index in [1.165, 1.54) is 29.6 Å². The van der Waals surface area contributed by atoms with Crippen molar-refractivity contribution >= 4 is 21.6 Å². The Balaban J connectivity index is 2.41. The summed E-state index contributed by atoms with van der Waals surface area (Å²) in [7, 11) is -2.36. The molecule has 1 aromatic rings. The number of sulfonamides is 1. The molecule has 0 spiro atoms. The normalized spacial score (nSPS) is 24.0. The first-order valence-corrected chi connectivity index (χ1v) is 8.29. The predicted octanol–water partition coefficient (Wildman–Crippen LogP) is 1.12. The van der Waals surface area contributed by atoms with E-state index in [-0.39, 0.29) is 36.4 Å². The van der Waals surface area contributed by atoms with Crippen molar-refractivity contribution in [3.8, 4) is 5.75 Å². The maximum atomic E-state index is 12.8. The van der Waals surface area contributed by atoms with Gasteiger partial charge in [0.1, 0.15) is 10.6 Å². The molecule has 118 valence electrons. The first kappa shape index (κ1) is 16.5. The summed E-state index contributed by atoms with van der Waals surface area (Å²) in [5, 5.41) is 9.58. The summed E-state index contributed by atoms with van der Waals surface area (Å²) in [4.78, 5) is 0.0554. The van der Waals surface area contributed by atoms with Gasteiger partial charge in [0, 0.05) is 23.7 Å². The van der Waals surface area contributed by atoms with Crippen molar-refractivity contribution in [2.24, 2.45) is 0 Å². The van der Waals surface area contributed by atoms with E-state index in [0.29, 0.717) is 5.02 Å². The van der Waals surface area contributed by atoms with Crippen molar-refractivity contribution in [2.75, 3.05) is 26.9 Å². The van der Waals surface area contributed by atoms with E-state index in [4.69, 9.17) is 21.1 Å². The molecular weight excluding hydrogens is 318 g/mol. The van der Waals surface area contributed by atoms with E-state index in [0.717, 1.165) is 0 Å². The van der Waals surface area contributed by atoms with Gasteiger partial charge in [-0.05, 0) is 19.1 Å². The molecule has 0 aromatic heterocycles. The fraction of sp³-hybridized carbons (Fsp3) is 0.538. The number of morpholine rings is 1. The third-order valence-corrected chi connectivity index (χ3v) is 5.62. The highest BCUT2D eigenvalue weighted by atomic mass is 35.5. The van der Waals surface area contributed by atoms with Crippen LogP contribution in [0.25, 0.3) is 0 Å². The van der Waals surface area contributed by atoms with Gasteiger partial charge in [0.15, 0.2) is 0 Å². The minimum absolute atomic E-state index is 0.0554. The number of benzene rings is 1. The lowest BCUT2D eigenvalue weighted by atomic mass is 10.2. The Morgan fingerprint density at radius 2 is 2.24 bits per heavy atom. The van der Waals surface area contributed by atoms with Crippen LogP contribution in [-0.2, 0) is 14.8 Å². The Bertz CT molecular complexity index is 607. The molecule has 2 unspecified atom stereocenters. The quantitative estimate of drug-likeness (QED) is 0.892. The standard InChI is InChI=1S/C13H18ClNO5S/c1-9-8-20-11(7-16)6-15(9)21(17,18)13-4-3-10(14)5-12(13)19-2/h3-5,9,11,16H,6-8H2,1-2H3. The van der Waals surface area contributed by atoms with Crippen molar-refractivity contribution in [1.82, 2.24) is 4.31 Å². The zero-order chi connectivity index (χ0) is 15.6. The molecule has 1 fully saturated rings. The van der Waals surface area contributed by atoms with Crippen molar-refractivity contribution in [3.63, 3.8) is 0 Å². The van der Waals surface area contributed by atoms with Gasteiger partial charge in [-0.1, -0.05) is 11.6 Å². The molecule has 0 bridgehead atoms. The number of rotatable bonds is 4. The van der Waals surface area contributed by atoms with Crippen LogP contribution in [0.3, 0.4) is 0 Å². The van der Waals surface area contributed by atoms with E-state index in [1.807, 2.05) is 0 Å². The Kier molecular flexibility index (Phi) is 5.11. The Morgan fingerprint density at radius 1 is 1.52 bits per heavy atom. The number of hydrogen-bond donors (Lipinski definition) is 1. The molecule has 21 heavy (non-hydrogen) atoms. The second-order valence-corrected chi connectivity index (χ2v) is 7.15. The van der Waals surface area contributed by atoms with Crippen molar-refractivity contribution in [2.45, 2.75) is 24.0 Å². The highest BCUT2D eigenvalue weighted by Gasteiger charge is 2.36. The average molecular weight is 336 g/mol. The summed E-state index contributed by atoms with van der Waals surface area (Å²) in [5.41, 5.74) is 0. The molecular formula is C13H18ClNO5S. The van der Waals surface area contributed by atoms with Crippen molar-refractivity contribution in [1.29, 1.82) is 0 Å². The molecule has 1 N–H and O–H groups in total. The second kappa shape index (κ2) is 6.50. The van der Waals surface area contributed by atoms with Crippen LogP contribution in [0.15, 0.2) is 23.1 Å². The first-order valence-electron chi connectivity index (χ1n) is 6.48. The van der Waals surface area contributed by atoms with Gasteiger partial charge >= 0.3 is 0 Å². The lowest BCUT2D eigenvalue weighted by molar-refractivity contribution is -0.0516. The summed E-state index contributed by atoms with van der Waals surface area (Å²) in [6.45, 7) is 1.87. The summed E-state index contributed by atoms with van der Waals surface area (Å²) in [5.74, 6) is 0.196. The van der Waals surface area contributed by atoms with Gasteiger partial charge in [-0.15, -0.1) is 0 Å². The number of methoxy groups -OCH3 is 1. The van der Waals surface area contributed by atoms with E-state index < -0.39 is 16.1 Å². The van der Waals surface area contributed by atoms with E-state index in [9.17, 15) is 13.5 Å². The van der Waals surface area contributed by atoms with Gasteiger partial charge in [0.2, 0.25) is 10.0 Å². The molecule has 1 heterocycles. The Morgan fingerprint density at radius 3 is 2.86 bits per heavy atom. The van der Waals surface area contributed by atoms with Crippen molar-refractivity contribution in [3.05, 3.63) is 23.2 Å². The van der Waals surface area contributed by atoms with Crippen LogP contribution in [0.1, 0.15) is 6.92 Å². The van der Waals surface area contributed by atoms with Gasteiger partial charge in [0.05, 0.1) is 26.4 Å². The monoisotopic (exact) mass is 335 g/mol. The third-order valence-electron chi connectivity index (χ3n) is 3.36. The zero-order valence-corrected chi connectivity index (χ0v) is 13.4. The molecule has 8 heteroatoms. The van der Waals surface area contributed by atoms with Crippen LogP contribution in [-0.4, -0.2) is 56.8 Å². The number of aliphatic hydroxyl groups is 1. The van der Waals surface area contributed by atoms with Crippen LogP contribution >= 0.6 is 11.6 Å². The van der Waals surface area contributed by atoms with E-state index in [2.05, 4.69) is 0 Å². The van der Waals surface area contributed by atoms with Crippen LogP contribution < -0.4 is 4.74 Å². The van der Waals surface area contributed by atoms with E-state index in [1.54, 1.807) is 6.92 Å². The maximum absolute atomic E-state index is 12.8. The minimum Gasteiger partial charge on any atom is -0.495 e. The SMILES string of the molecule is COc1cc(Cl)ccc1S(=O)(=O)N1CC(CO)OCC1C. The summed E-state index contributed by atoms with van der Waals surface area (Å²) < 4.78 is 37.4. The molecule has 0 radical (unpaired) electrons. The zero-order valence-electron chi connectivity index (χ0n) is 11.8. The summed E-state index contributed by atoms with van der Waals surface area (Å²) in [6.07, 6.45) is -0.519. The molecule has 0 saturated carbocycles. The smallest absolute Gasteiger partial charge is 0.247 e. The molecule has 1 aromatic carbocycles. The molecule has 2 atom stereocenters. The Hall–Kier alpha value is -0.860. The first-order chi connectivity index (χ1) is 9.90. The largest absolute Gasteiger partial charge is 0.495 e. The van der Waals surface area contributed by atoms with Crippen LogP contribution in [0.5, 0.6) is 5.75 Å². The van der Waals surface area contributed by atoms with Gasteiger partial charge in [-0.3, -0.25) is 0 Å². The number of nitrogens with zero attached hydrogens (tertiary/aromatic N) is 1. The van der Waals surface area contributed by atoms with Crippen LogP contribution in [0.2, 0.25) is 5.02 Å². The molecule has 1 aliphatic heterocycles. The highest BCUT2D eigenvalue weighted by molar-refractivity contribution is 7.89. The lowest BCUT2D eigenvalue weighted by Gasteiger charge is -2.36. The summed E-state index contributed by atoms with van der Waals surface area (Å²) >= 11 is 5.86. The van der Waals surface area contributed by atoms with Gasteiger partial charge in [-0.2, -0.15) is 4.31 Å². The minimum atomic E-state index is -3.76. The average Bonchev–Trinajstić information content (AvgIpc) is 2.47. The van der Waals surface area contributed by atoms with Gasteiger partial charge in [0.25, 0.3) is 0 Å². The topological polar surface area (TPSA) is 76.1 Å². The van der Waals surface area contributed by atoms with E-state index >= 15 is 0 Å².